The quantitative estimate of drug-likeness (QED) is 0.251. The largest absolute Gasteiger partial charge is 0.490 e. The van der Waals surface area contributed by atoms with Crippen LogP contribution >= 0.6 is 22.6 Å². The molecule has 6 nitrogen and oxygen atoms in total. The van der Waals surface area contributed by atoms with Gasteiger partial charge in [0.1, 0.15) is 12.3 Å². The third-order valence-electron chi connectivity index (χ3n) is 4.16. The molecule has 1 N–H and O–H groups in total. The van der Waals surface area contributed by atoms with Crippen molar-refractivity contribution in [3.8, 4) is 11.5 Å². The maximum Gasteiger partial charge on any atom is 0.329 e. The SMILES string of the molecule is C=CCN1C(=O)N/C(=C/c2ccc(OCc3ccc(I)cc3)c(OCC)c2)C1=O. The molecule has 1 heterocycles. The van der Waals surface area contributed by atoms with Crippen molar-refractivity contribution >= 4 is 40.6 Å². The van der Waals surface area contributed by atoms with Gasteiger partial charge in [-0.15, -0.1) is 6.58 Å². The number of amides is 3. The predicted molar refractivity (Wildman–Crippen MR) is 120 cm³/mol. The van der Waals surface area contributed by atoms with Crippen LogP contribution in [0.15, 0.2) is 60.8 Å². The smallest absolute Gasteiger partial charge is 0.329 e. The standard InChI is InChI=1S/C22H21IN2O4/c1-3-11-25-21(26)18(24-22(25)27)12-16-7-10-19(20(13-16)28-4-2)29-14-15-5-8-17(23)9-6-15/h3,5-10,12-13H,1,4,11,14H2,2H3,(H,24,27)/b18-12+. The van der Waals surface area contributed by atoms with Crippen LogP contribution < -0.4 is 14.8 Å². The number of rotatable bonds is 8. The van der Waals surface area contributed by atoms with Crippen molar-refractivity contribution in [1.29, 1.82) is 0 Å². The first-order valence-electron chi connectivity index (χ1n) is 9.11. The van der Waals surface area contributed by atoms with Crippen molar-refractivity contribution in [2.24, 2.45) is 0 Å². The van der Waals surface area contributed by atoms with Gasteiger partial charge in [0.25, 0.3) is 5.91 Å². The molecule has 29 heavy (non-hydrogen) atoms. The zero-order valence-electron chi connectivity index (χ0n) is 16.0. The fourth-order valence-electron chi connectivity index (χ4n) is 2.78. The van der Waals surface area contributed by atoms with Gasteiger partial charge in [0.15, 0.2) is 11.5 Å². The Morgan fingerprint density at radius 2 is 1.86 bits per heavy atom. The highest BCUT2D eigenvalue weighted by molar-refractivity contribution is 14.1. The Morgan fingerprint density at radius 3 is 2.55 bits per heavy atom. The summed E-state index contributed by atoms with van der Waals surface area (Å²) in [5, 5.41) is 2.58. The van der Waals surface area contributed by atoms with Crippen LogP contribution in [0.25, 0.3) is 6.08 Å². The first-order chi connectivity index (χ1) is 14.0. The van der Waals surface area contributed by atoms with Gasteiger partial charge < -0.3 is 14.8 Å². The van der Waals surface area contributed by atoms with Crippen LogP contribution in [-0.4, -0.2) is 30.0 Å². The molecule has 0 saturated carbocycles. The Kier molecular flexibility index (Phi) is 6.92. The summed E-state index contributed by atoms with van der Waals surface area (Å²) < 4.78 is 12.8. The number of hydrogen-bond acceptors (Lipinski definition) is 4. The minimum atomic E-state index is -0.455. The van der Waals surface area contributed by atoms with Crippen molar-refractivity contribution in [3.05, 3.63) is 75.5 Å². The van der Waals surface area contributed by atoms with E-state index in [9.17, 15) is 9.59 Å². The van der Waals surface area contributed by atoms with E-state index in [1.807, 2.05) is 37.3 Å². The molecule has 0 unspecified atom stereocenters. The lowest BCUT2D eigenvalue weighted by Gasteiger charge is -2.13. The number of halogens is 1. The van der Waals surface area contributed by atoms with E-state index in [-0.39, 0.29) is 18.1 Å². The Hall–Kier alpha value is -2.81. The molecule has 0 spiro atoms. The number of nitrogens with one attached hydrogen (secondary N) is 1. The number of nitrogens with zero attached hydrogens (tertiary/aromatic N) is 1. The van der Waals surface area contributed by atoms with E-state index in [1.54, 1.807) is 18.2 Å². The first-order valence-corrected chi connectivity index (χ1v) is 10.2. The van der Waals surface area contributed by atoms with E-state index in [4.69, 9.17) is 9.47 Å². The predicted octanol–water partition coefficient (Wildman–Crippen LogP) is 4.35. The molecule has 7 heteroatoms. The highest BCUT2D eigenvalue weighted by Crippen LogP contribution is 2.30. The Balaban J connectivity index is 1.78. The summed E-state index contributed by atoms with van der Waals surface area (Å²) in [5.41, 5.74) is 1.99. The van der Waals surface area contributed by atoms with Crippen molar-refractivity contribution in [1.82, 2.24) is 10.2 Å². The highest BCUT2D eigenvalue weighted by atomic mass is 127. The molecular weight excluding hydrogens is 483 g/mol. The summed E-state index contributed by atoms with van der Waals surface area (Å²) in [4.78, 5) is 25.3. The topological polar surface area (TPSA) is 67.9 Å². The molecule has 3 amide bonds. The van der Waals surface area contributed by atoms with Gasteiger partial charge in [-0.3, -0.25) is 9.69 Å². The van der Waals surface area contributed by atoms with Gasteiger partial charge >= 0.3 is 6.03 Å². The highest BCUT2D eigenvalue weighted by Gasteiger charge is 2.32. The zero-order valence-corrected chi connectivity index (χ0v) is 18.1. The van der Waals surface area contributed by atoms with Gasteiger partial charge in [-0.2, -0.15) is 0 Å². The van der Waals surface area contributed by atoms with E-state index in [0.29, 0.717) is 24.7 Å². The van der Waals surface area contributed by atoms with Crippen LogP contribution in [0.4, 0.5) is 4.79 Å². The van der Waals surface area contributed by atoms with Crippen molar-refractivity contribution in [3.63, 3.8) is 0 Å². The molecule has 2 aromatic rings. The zero-order chi connectivity index (χ0) is 20.8. The molecule has 1 saturated heterocycles. The van der Waals surface area contributed by atoms with Gasteiger partial charge in [0.05, 0.1) is 6.61 Å². The molecule has 1 aliphatic rings. The molecule has 0 atom stereocenters. The lowest BCUT2D eigenvalue weighted by molar-refractivity contribution is -0.122. The summed E-state index contributed by atoms with van der Waals surface area (Å²) in [6, 6.07) is 13.0. The second kappa shape index (κ2) is 9.60. The Labute approximate surface area is 183 Å². The van der Waals surface area contributed by atoms with Gasteiger partial charge in [0.2, 0.25) is 0 Å². The third kappa shape index (κ3) is 5.17. The van der Waals surface area contributed by atoms with E-state index in [0.717, 1.165) is 16.0 Å². The fraction of sp³-hybridized carbons (Fsp3) is 0.182. The number of imide groups is 1. The van der Waals surface area contributed by atoms with E-state index < -0.39 is 6.03 Å². The number of hydrogen-bond donors (Lipinski definition) is 1. The minimum absolute atomic E-state index is 0.164. The molecule has 0 aromatic heterocycles. The summed E-state index contributed by atoms with van der Waals surface area (Å²) in [6.45, 7) is 6.51. The summed E-state index contributed by atoms with van der Waals surface area (Å²) in [5.74, 6) is 0.807. The van der Waals surface area contributed by atoms with E-state index in [1.165, 1.54) is 9.65 Å². The molecule has 0 radical (unpaired) electrons. The second-order valence-corrected chi connectivity index (χ2v) is 7.49. The van der Waals surface area contributed by atoms with Gasteiger partial charge in [-0.1, -0.05) is 24.3 Å². The van der Waals surface area contributed by atoms with Gasteiger partial charge in [-0.25, -0.2) is 4.79 Å². The molecule has 2 aromatic carbocycles. The average Bonchev–Trinajstić information content (AvgIpc) is 2.97. The fourth-order valence-corrected chi connectivity index (χ4v) is 3.14. The lowest BCUT2D eigenvalue weighted by Crippen LogP contribution is -2.30. The molecule has 150 valence electrons. The molecular formula is C22H21IN2O4. The van der Waals surface area contributed by atoms with Crippen LogP contribution in [0.1, 0.15) is 18.1 Å². The lowest BCUT2D eigenvalue weighted by atomic mass is 10.1. The summed E-state index contributed by atoms with van der Waals surface area (Å²) >= 11 is 2.26. The van der Waals surface area contributed by atoms with Crippen LogP contribution in [0.3, 0.4) is 0 Å². The first kappa shape index (κ1) is 20.9. The summed E-state index contributed by atoms with van der Waals surface area (Å²) in [7, 11) is 0. The van der Waals surface area contributed by atoms with Crippen LogP contribution in [0.5, 0.6) is 11.5 Å². The van der Waals surface area contributed by atoms with Gasteiger partial charge in [-0.05, 0) is 71.0 Å². The summed E-state index contributed by atoms with van der Waals surface area (Å²) in [6.07, 6.45) is 3.13. The van der Waals surface area contributed by atoms with Crippen molar-refractivity contribution in [2.45, 2.75) is 13.5 Å². The van der Waals surface area contributed by atoms with Crippen molar-refractivity contribution < 1.29 is 19.1 Å². The van der Waals surface area contributed by atoms with Crippen LogP contribution in [0, 0.1) is 3.57 Å². The number of carbonyl (C=O) groups is 2. The molecule has 0 aliphatic carbocycles. The molecule has 3 rings (SSSR count). The van der Waals surface area contributed by atoms with E-state index in [2.05, 4.69) is 34.5 Å². The third-order valence-corrected chi connectivity index (χ3v) is 4.88. The number of benzene rings is 2. The molecule has 1 fully saturated rings. The van der Waals surface area contributed by atoms with E-state index >= 15 is 0 Å². The Morgan fingerprint density at radius 1 is 1.10 bits per heavy atom. The van der Waals surface area contributed by atoms with Crippen LogP contribution in [0.2, 0.25) is 0 Å². The average molecular weight is 504 g/mol. The number of urea groups is 1. The minimum Gasteiger partial charge on any atom is -0.490 e. The number of ether oxygens (including phenoxy) is 2. The molecule has 0 bridgehead atoms. The van der Waals surface area contributed by atoms with Crippen LogP contribution in [-0.2, 0) is 11.4 Å². The van der Waals surface area contributed by atoms with Gasteiger partial charge in [0, 0.05) is 10.1 Å². The van der Waals surface area contributed by atoms with Crippen molar-refractivity contribution in [2.75, 3.05) is 13.2 Å². The maximum absolute atomic E-state index is 12.3. The number of carbonyl (C=O) groups excluding carboxylic acids is 2. The Bertz CT molecular complexity index is 954. The maximum atomic E-state index is 12.3. The monoisotopic (exact) mass is 504 g/mol. The normalized spacial score (nSPS) is 14.8. The molecule has 1 aliphatic heterocycles. The second-order valence-electron chi connectivity index (χ2n) is 6.25.